The maximum absolute atomic E-state index is 4.77. The van der Waals surface area contributed by atoms with Gasteiger partial charge in [-0.1, -0.05) is 36.4 Å². The van der Waals surface area contributed by atoms with E-state index in [-0.39, 0.29) is 21.1 Å². The minimum absolute atomic E-state index is 0. The average molecular weight is 433 g/mol. The second-order valence-electron chi connectivity index (χ2n) is 3.00. The van der Waals surface area contributed by atoms with E-state index in [9.17, 15) is 0 Å². The maximum atomic E-state index is 4.77. The van der Waals surface area contributed by atoms with Crippen molar-refractivity contribution >= 4 is 0 Å². The van der Waals surface area contributed by atoms with Crippen LogP contribution in [-0.2, 0) is 21.1 Å². The third kappa shape index (κ3) is 12.5. The summed E-state index contributed by atoms with van der Waals surface area (Å²) in [6, 6.07) is 22.2. The Kier molecular flexibility index (Phi) is 12.9. The minimum Gasteiger partial charge on any atom is -0.586 e. The molecule has 0 aliphatic carbocycles. The van der Waals surface area contributed by atoms with E-state index in [1.807, 2.05) is 48.5 Å². The predicted molar refractivity (Wildman–Crippen MR) is 70.3 cm³/mol. The maximum Gasteiger partial charge on any atom is 2.00 e. The molecule has 0 fully saturated rings. The Morgan fingerprint density at radius 2 is 0.842 bits per heavy atom. The summed E-state index contributed by atoms with van der Waals surface area (Å²) >= 11 is 0. The van der Waals surface area contributed by atoms with Gasteiger partial charge in [0.2, 0.25) is 0 Å². The zero-order valence-corrected chi connectivity index (χ0v) is 12.5. The molecule has 19 heavy (non-hydrogen) atoms. The first kappa shape index (κ1) is 17.2. The van der Waals surface area contributed by atoms with Gasteiger partial charge < -0.3 is 8.83 Å². The van der Waals surface area contributed by atoms with Crippen LogP contribution < -0.4 is 0 Å². The van der Waals surface area contributed by atoms with Crippen LogP contribution >= 0.6 is 0 Å². The standard InChI is InChI=1S/2C8H7O.Pt/c2*1-2-4-6-8-9-7-5-3-1;/h2*1-7H;/q2*-1;+2. The zero-order valence-electron chi connectivity index (χ0n) is 10.2. The number of hydrogen-bond donors (Lipinski definition) is 0. The Labute approximate surface area is 128 Å². The van der Waals surface area contributed by atoms with Gasteiger partial charge in [-0.3, -0.25) is 0 Å². The summed E-state index contributed by atoms with van der Waals surface area (Å²) in [7, 11) is 0. The average Bonchev–Trinajstić information content (AvgIpc) is 2.65. The number of rotatable bonds is 0. The molecule has 2 rings (SSSR count). The van der Waals surface area contributed by atoms with Gasteiger partial charge in [-0.15, -0.1) is 24.3 Å². The molecule has 0 saturated heterocycles. The normalized spacial score (nSPS) is 7.58. The van der Waals surface area contributed by atoms with Gasteiger partial charge in [-0.2, -0.15) is 12.1 Å². The molecule has 3 heteroatoms. The molecule has 0 radical (unpaired) electrons. The van der Waals surface area contributed by atoms with Crippen LogP contribution in [0.25, 0.3) is 0 Å². The van der Waals surface area contributed by atoms with E-state index in [0.717, 1.165) is 0 Å². The molecule has 0 aliphatic rings. The molecule has 2 heterocycles. The van der Waals surface area contributed by atoms with Crippen LogP contribution in [0.15, 0.2) is 94.2 Å². The van der Waals surface area contributed by atoms with Crippen molar-refractivity contribution in [3.63, 3.8) is 0 Å². The molecule has 100 valence electrons. The van der Waals surface area contributed by atoms with Crippen LogP contribution in [0, 0.1) is 12.5 Å². The first-order valence-electron chi connectivity index (χ1n) is 5.46. The van der Waals surface area contributed by atoms with Crippen LogP contribution in [0.2, 0.25) is 0 Å². The molecule has 0 aromatic carbocycles. The summed E-state index contributed by atoms with van der Waals surface area (Å²) in [5.41, 5.74) is 0. The van der Waals surface area contributed by atoms with Crippen molar-refractivity contribution in [2.45, 2.75) is 0 Å². The molecule has 0 saturated carbocycles. The van der Waals surface area contributed by atoms with E-state index in [2.05, 4.69) is 12.5 Å². The van der Waals surface area contributed by atoms with Crippen LogP contribution in [0.4, 0.5) is 0 Å². The van der Waals surface area contributed by atoms with Gasteiger partial charge >= 0.3 is 21.1 Å². The van der Waals surface area contributed by atoms with Crippen LogP contribution in [-0.4, -0.2) is 0 Å². The van der Waals surface area contributed by atoms with E-state index in [1.54, 1.807) is 36.8 Å². The fraction of sp³-hybridized carbons (Fsp3) is 0. The van der Waals surface area contributed by atoms with Crippen molar-refractivity contribution in [3.8, 4) is 0 Å². The molecule has 0 atom stereocenters. The van der Waals surface area contributed by atoms with Gasteiger partial charge in [-0.05, 0) is 25.1 Å². The Bertz CT molecular complexity index is 305. The molecule has 0 spiro atoms. The monoisotopic (exact) mass is 433 g/mol. The fourth-order valence-electron chi connectivity index (χ4n) is 0.901. The van der Waals surface area contributed by atoms with Crippen LogP contribution in [0.1, 0.15) is 0 Å². The molecule has 0 amide bonds. The molecule has 2 aromatic rings. The molecule has 2 nitrogen and oxygen atoms in total. The van der Waals surface area contributed by atoms with E-state index < -0.39 is 0 Å². The SMILES string of the molecule is [Pt+2].[c-]1ccccccco1.[c-]1ccccccco1. The molecule has 0 aliphatic heterocycles. The van der Waals surface area contributed by atoms with E-state index in [4.69, 9.17) is 8.83 Å². The van der Waals surface area contributed by atoms with E-state index >= 15 is 0 Å². The third-order valence-corrected chi connectivity index (χ3v) is 1.65. The molecule has 0 unspecified atom stereocenters. The minimum atomic E-state index is 0. The Hall–Kier alpha value is -1.79. The summed E-state index contributed by atoms with van der Waals surface area (Å²) in [4.78, 5) is 0. The number of hydrogen-bond acceptors (Lipinski definition) is 2. The summed E-state index contributed by atoms with van der Waals surface area (Å²) in [5, 5.41) is 0. The van der Waals surface area contributed by atoms with Gasteiger partial charge in [0.05, 0.1) is 0 Å². The van der Waals surface area contributed by atoms with Crippen LogP contribution in [0.5, 0.6) is 0 Å². The van der Waals surface area contributed by atoms with Gasteiger partial charge in [0.1, 0.15) is 0 Å². The van der Waals surface area contributed by atoms with Gasteiger partial charge in [0, 0.05) is 0 Å². The first-order valence-corrected chi connectivity index (χ1v) is 5.46. The fourth-order valence-corrected chi connectivity index (χ4v) is 0.901. The molecular formula is C16H14O2Pt. The topological polar surface area (TPSA) is 26.3 Å². The van der Waals surface area contributed by atoms with Crippen molar-refractivity contribution in [1.29, 1.82) is 0 Å². The second kappa shape index (κ2) is 14.3. The van der Waals surface area contributed by atoms with Crippen LogP contribution in [0.3, 0.4) is 0 Å². The quantitative estimate of drug-likeness (QED) is 0.576. The molecule has 0 N–H and O–H groups in total. The molecule has 2 aromatic heterocycles. The smallest absolute Gasteiger partial charge is 0.586 e. The first-order chi connectivity index (χ1) is 9.00. The largest absolute Gasteiger partial charge is 2.00 e. The third-order valence-electron chi connectivity index (χ3n) is 1.65. The van der Waals surface area contributed by atoms with Gasteiger partial charge in [0.15, 0.2) is 0 Å². The second-order valence-corrected chi connectivity index (χ2v) is 3.00. The van der Waals surface area contributed by atoms with Crippen molar-refractivity contribution in [2.24, 2.45) is 0 Å². The van der Waals surface area contributed by atoms with E-state index in [1.165, 1.54) is 0 Å². The Morgan fingerprint density at radius 1 is 0.474 bits per heavy atom. The Morgan fingerprint density at radius 3 is 1.32 bits per heavy atom. The van der Waals surface area contributed by atoms with Crippen molar-refractivity contribution in [2.75, 3.05) is 0 Å². The van der Waals surface area contributed by atoms with Crippen molar-refractivity contribution in [1.82, 2.24) is 0 Å². The zero-order chi connectivity index (χ0) is 12.7. The predicted octanol–water partition coefficient (Wildman–Crippen LogP) is 4.41. The summed E-state index contributed by atoms with van der Waals surface area (Å²) in [6.45, 7) is 0. The van der Waals surface area contributed by atoms with Gasteiger partial charge in [0.25, 0.3) is 0 Å². The van der Waals surface area contributed by atoms with Gasteiger partial charge in [-0.25, -0.2) is 0 Å². The molecule has 0 bridgehead atoms. The summed E-state index contributed by atoms with van der Waals surface area (Å²) in [5.74, 6) is 0. The summed E-state index contributed by atoms with van der Waals surface area (Å²) in [6.07, 6.45) is 8.32. The summed E-state index contributed by atoms with van der Waals surface area (Å²) < 4.78 is 9.53. The van der Waals surface area contributed by atoms with Crippen molar-refractivity contribution < 1.29 is 29.9 Å². The molecular weight excluding hydrogens is 419 g/mol. The Balaban J connectivity index is 0.000000324. The van der Waals surface area contributed by atoms with Crippen molar-refractivity contribution in [3.05, 3.63) is 97.8 Å². The van der Waals surface area contributed by atoms with E-state index in [0.29, 0.717) is 0 Å².